The Balaban J connectivity index is 2.59. The molecule has 1 aromatic rings. The minimum absolute atomic E-state index is 0.220. The van der Waals surface area contributed by atoms with E-state index in [-0.39, 0.29) is 12.5 Å². The summed E-state index contributed by atoms with van der Waals surface area (Å²) >= 11 is 3.24. The van der Waals surface area contributed by atoms with Crippen LogP contribution in [0.3, 0.4) is 0 Å². The van der Waals surface area contributed by atoms with Crippen molar-refractivity contribution < 1.29 is 9.90 Å². The normalized spacial score (nSPS) is 12.5. The smallest absolute Gasteiger partial charge is 0.275 e. The maximum atomic E-state index is 11.4. The highest BCUT2D eigenvalue weighted by Crippen LogP contribution is 2.27. The van der Waals surface area contributed by atoms with Crippen LogP contribution in [0.1, 0.15) is 33.5 Å². The Morgan fingerprint density at radius 3 is 3.00 bits per heavy atom. The van der Waals surface area contributed by atoms with E-state index in [1.54, 1.807) is 11.8 Å². The van der Waals surface area contributed by atoms with Crippen LogP contribution in [0.4, 0.5) is 0 Å². The maximum absolute atomic E-state index is 11.4. The molecule has 1 atom stereocenters. The van der Waals surface area contributed by atoms with Gasteiger partial charge in [-0.3, -0.25) is 10.2 Å². The van der Waals surface area contributed by atoms with Crippen molar-refractivity contribution in [2.75, 3.05) is 6.61 Å². The Labute approximate surface area is 110 Å². The average Bonchev–Trinajstić information content (AvgIpc) is 2.67. The molecule has 1 heterocycles. The van der Waals surface area contributed by atoms with Gasteiger partial charge in [0.15, 0.2) is 0 Å². The quantitative estimate of drug-likeness (QED) is 0.419. The van der Waals surface area contributed by atoms with Crippen molar-refractivity contribution in [3.63, 3.8) is 0 Å². The number of carbonyl (C=O) groups is 1. The van der Waals surface area contributed by atoms with Gasteiger partial charge < -0.3 is 5.11 Å². The lowest BCUT2D eigenvalue weighted by Gasteiger charge is -2.08. The minimum Gasteiger partial charge on any atom is -0.396 e. The number of nitrogens with one attached hydrogen (secondary N) is 1. The number of aryl methyl sites for hydroxylation is 1. The van der Waals surface area contributed by atoms with E-state index >= 15 is 0 Å². The maximum Gasteiger partial charge on any atom is 0.275 e. The third kappa shape index (κ3) is 4.31. The van der Waals surface area contributed by atoms with E-state index in [0.717, 1.165) is 17.1 Å². The van der Waals surface area contributed by atoms with Crippen LogP contribution in [-0.4, -0.2) is 22.9 Å². The molecule has 4 N–H and O–H groups in total. The van der Waals surface area contributed by atoms with Crippen LogP contribution in [0.2, 0.25) is 0 Å². The van der Waals surface area contributed by atoms with E-state index < -0.39 is 0 Å². The van der Waals surface area contributed by atoms with Crippen LogP contribution in [-0.2, 0) is 5.75 Å². The summed E-state index contributed by atoms with van der Waals surface area (Å²) in [7, 11) is 0. The van der Waals surface area contributed by atoms with Crippen LogP contribution in [0, 0.1) is 6.92 Å². The molecule has 6 heteroatoms. The number of nitrogen functional groups attached to an aromatic ring is 1. The van der Waals surface area contributed by atoms with Gasteiger partial charge >= 0.3 is 0 Å². The van der Waals surface area contributed by atoms with Crippen molar-refractivity contribution in [1.29, 1.82) is 0 Å². The number of amides is 1. The van der Waals surface area contributed by atoms with Crippen molar-refractivity contribution in [2.45, 2.75) is 31.3 Å². The monoisotopic (exact) mass is 274 g/mol. The lowest BCUT2D eigenvalue weighted by atomic mass is 10.3. The highest BCUT2D eigenvalue weighted by molar-refractivity contribution is 7.99. The Morgan fingerprint density at radius 1 is 1.71 bits per heavy atom. The van der Waals surface area contributed by atoms with Gasteiger partial charge in [-0.2, -0.15) is 11.8 Å². The number of nitrogens with two attached hydrogens (primary N) is 1. The first-order chi connectivity index (χ1) is 8.08. The second kappa shape index (κ2) is 7.00. The Morgan fingerprint density at radius 2 is 2.41 bits per heavy atom. The molecule has 96 valence electrons. The van der Waals surface area contributed by atoms with Gasteiger partial charge in [-0.15, -0.1) is 11.3 Å². The highest BCUT2D eigenvalue weighted by Gasteiger charge is 2.12. The summed E-state index contributed by atoms with van der Waals surface area (Å²) in [5.41, 5.74) is 3.31. The number of aliphatic hydroxyl groups excluding tert-OH is 1. The van der Waals surface area contributed by atoms with Crippen LogP contribution in [0.5, 0.6) is 0 Å². The fraction of sp³-hybridized carbons (Fsp3) is 0.545. The molecule has 0 bridgehead atoms. The number of carbonyl (C=O) groups excluding carboxylic acids is 1. The zero-order valence-electron chi connectivity index (χ0n) is 10.0. The van der Waals surface area contributed by atoms with Gasteiger partial charge in [0, 0.05) is 22.5 Å². The summed E-state index contributed by atoms with van der Waals surface area (Å²) < 4.78 is 0. The van der Waals surface area contributed by atoms with Crippen molar-refractivity contribution in [1.82, 2.24) is 5.43 Å². The third-order valence-electron chi connectivity index (χ3n) is 2.43. The molecule has 0 fully saturated rings. The number of hydrazine groups is 1. The van der Waals surface area contributed by atoms with Crippen LogP contribution >= 0.6 is 23.1 Å². The summed E-state index contributed by atoms with van der Waals surface area (Å²) in [6, 6.07) is 1.89. The number of rotatable bonds is 6. The van der Waals surface area contributed by atoms with Crippen LogP contribution in [0.15, 0.2) is 6.07 Å². The van der Waals surface area contributed by atoms with Crippen molar-refractivity contribution >= 4 is 29.0 Å². The molecule has 1 amide bonds. The number of thiophene rings is 1. The number of aliphatic hydroxyl groups is 1. The van der Waals surface area contributed by atoms with E-state index in [9.17, 15) is 4.79 Å². The number of hydrogen-bond acceptors (Lipinski definition) is 5. The summed E-state index contributed by atoms with van der Waals surface area (Å²) in [5.74, 6) is 5.72. The molecule has 1 aromatic heterocycles. The second-order valence-corrected chi connectivity index (χ2v) is 6.48. The predicted molar refractivity (Wildman–Crippen MR) is 73.2 cm³/mol. The Hall–Kier alpha value is -0.560. The fourth-order valence-electron chi connectivity index (χ4n) is 1.34. The zero-order valence-corrected chi connectivity index (χ0v) is 11.7. The van der Waals surface area contributed by atoms with Crippen molar-refractivity contribution in [3.05, 3.63) is 21.4 Å². The number of thioether (sulfide) groups is 1. The molecular formula is C11H18N2O2S2. The standard InChI is InChI=1S/C11H18N2O2S2/c1-7(3-4-14)16-6-9-5-10(11(15)13-12)17-8(9)2/h5,7,14H,3-4,6,12H2,1-2H3,(H,13,15). The van der Waals surface area contributed by atoms with E-state index in [4.69, 9.17) is 10.9 Å². The topological polar surface area (TPSA) is 75.4 Å². The molecule has 0 aliphatic rings. The molecule has 1 unspecified atom stereocenters. The summed E-state index contributed by atoms with van der Waals surface area (Å²) in [6.07, 6.45) is 0.796. The van der Waals surface area contributed by atoms with Crippen LogP contribution < -0.4 is 11.3 Å². The van der Waals surface area contributed by atoms with Crippen molar-refractivity contribution in [2.24, 2.45) is 5.84 Å². The Bertz CT molecular complexity index is 380. The van der Waals surface area contributed by atoms with Crippen molar-refractivity contribution in [3.8, 4) is 0 Å². The average molecular weight is 274 g/mol. The van der Waals surface area contributed by atoms with Gasteiger partial charge in [0.25, 0.3) is 5.91 Å². The molecular weight excluding hydrogens is 256 g/mol. The van der Waals surface area contributed by atoms with Gasteiger partial charge in [-0.25, -0.2) is 5.84 Å². The fourth-order valence-corrected chi connectivity index (χ4v) is 3.42. The SMILES string of the molecule is Cc1sc(C(=O)NN)cc1CSC(C)CCO. The first-order valence-corrected chi connectivity index (χ1v) is 7.27. The van der Waals surface area contributed by atoms with E-state index in [1.165, 1.54) is 16.9 Å². The minimum atomic E-state index is -0.238. The molecule has 17 heavy (non-hydrogen) atoms. The third-order valence-corrected chi connectivity index (χ3v) is 4.81. The van der Waals surface area contributed by atoms with E-state index in [1.807, 2.05) is 13.0 Å². The zero-order chi connectivity index (χ0) is 12.8. The largest absolute Gasteiger partial charge is 0.396 e. The lowest BCUT2D eigenvalue weighted by molar-refractivity contribution is 0.0957. The molecule has 0 radical (unpaired) electrons. The molecule has 0 aromatic carbocycles. The van der Waals surface area contributed by atoms with Gasteiger partial charge in [-0.1, -0.05) is 6.92 Å². The van der Waals surface area contributed by atoms with Gasteiger partial charge in [0.05, 0.1) is 4.88 Å². The first-order valence-electron chi connectivity index (χ1n) is 5.41. The summed E-state index contributed by atoms with van der Waals surface area (Å²) in [4.78, 5) is 13.1. The lowest BCUT2D eigenvalue weighted by Crippen LogP contribution is -2.29. The van der Waals surface area contributed by atoms with Gasteiger partial charge in [-0.05, 0) is 25.0 Å². The molecule has 0 aliphatic carbocycles. The highest BCUT2D eigenvalue weighted by atomic mass is 32.2. The molecule has 4 nitrogen and oxygen atoms in total. The van der Waals surface area contributed by atoms with Gasteiger partial charge in [0.2, 0.25) is 0 Å². The molecule has 0 saturated carbocycles. The Kier molecular flexibility index (Phi) is 5.97. The first kappa shape index (κ1) is 14.5. The molecule has 0 saturated heterocycles. The summed E-state index contributed by atoms with van der Waals surface area (Å²) in [5, 5.41) is 9.24. The molecule has 0 spiro atoms. The van der Waals surface area contributed by atoms with Gasteiger partial charge in [0.1, 0.15) is 0 Å². The second-order valence-electron chi connectivity index (χ2n) is 3.80. The van der Waals surface area contributed by atoms with E-state index in [2.05, 4.69) is 12.3 Å². The predicted octanol–water partition coefficient (Wildman–Crippen LogP) is 1.66. The van der Waals surface area contributed by atoms with Crippen LogP contribution in [0.25, 0.3) is 0 Å². The molecule has 1 rings (SSSR count). The summed E-state index contributed by atoms with van der Waals surface area (Å²) in [6.45, 7) is 4.32. The van der Waals surface area contributed by atoms with E-state index in [0.29, 0.717) is 10.1 Å². The number of hydrogen-bond donors (Lipinski definition) is 3. The molecule has 0 aliphatic heterocycles.